The molecule has 0 saturated carbocycles. The maximum absolute atomic E-state index is 4.47. The van der Waals surface area contributed by atoms with Crippen molar-refractivity contribution < 1.29 is 0 Å². The van der Waals surface area contributed by atoms with E-state index in [1.807, 2.05) is 43.5 Å². The van der Waals surface area contributed by atoms with Crippen molar-refractivity contribution in [1.29, 1.82) is 0 Å². The van der Waals surface area contributed by atoms with Crippen LogP contribution in [0.15, 0.2) is 42.5 Å². The first-order valence-electron chi connectivity index (χ1n) is 6.62. The molecule has 20 heavy (non-hydrogen) atoms. The summed E-state index contributed by atoms with van der Waals surface area (Å²) in [5, 5.41) is 1.03. The molecular formula is C15H20N4S. The van der Waals surface area contributed by atoms with Gasteiger partial charge in [0.15, 0.2) is 5.16 Å². The summed E-state index contributed by atoms with van der Waals surface area (Å²) in [5.74, 6) is 1.08. The first-order chi connectivity index (χ1) is 9.65. The highest BCUT2D eigenvalue weighted by atomic mass is 32.2. The van der Waals surface area contributed by atoms with Gasteiger partial charge in [0.05, 0.1) is 29.5 Å². The van der Waals surface area contributed by atoms with Crippen molar-refractivity contribution in [3.63, 3.8) is 0 Å². The number of rotatable bonds is 6. The Kier molecular flexibility index (Phi) is 4.84. The summed E-state index contributed by atoms with van der Waals surface area (Å²) in [6.45, 7) is 6.36. The van der Waals surface area contributed by atoms with E-state index in [9.17, 15) is 0 Å². The van der Waals surface area contributed by atoms with E-state index in [-0.39, 0.29) is 0 Å². The van der Waals surface area contributed by atoms with E-state index in [4.69, 9.17) is 0 Å². The van der Waals surface area contributed by atoms with Crippen LogP contribution in [-0.2, 0) is 7.05 Å². The van der Waals surface area contributed by atoms with Crippen LogP contribution >= 0.6 is 11.8 Å². The number of thioether (sulfide) groups is 1. The Bertz CT molecular complexity index is 577. The average Bonchev–Trinajstić information content (AvgIpc) is 2.85. The predicted octanol–water partition coefficient (Wildman–Crippen LogP) is 3.42. The van der Waals surface area contributed by atoms with Gasteiger partial charge in [-0.3, -0.25) is 4.98 Å². The van der Waals surface area contributed by atoms with Gasteiger partial charge in [-0.15, -0.1) is 0 Å². The Hall–Kier alpha value is -1.75. The lowest BCUT2D eigenvalue weighted by Crippen LogP contribution is -2.16. The minimum Gasteiger partial charge on any atom is -0.342 e. The van der Waals surface area contributed by atoms with Crippen LogP contribution in [0.25, 0.3) is 5.70 Å². The molecule has 0 saturated heterocycles. The quantitative estimate of drug-likeness (QED) is 0.763. The number of nitrogens with zero attached hydrogens (tertiary/aromatic N) is 4. The molecule has 0 atom stereocenters. The molecule has 0 spiro atoms. The van der Waals surface area contributed by atoms with E-state index in [1.165, 1.54) is 0 Å². The van der Waals surface area contributed by atoms with E-state index >= 15 is 0 Å². The number of hydrogen-bond acceptors (Lipinski definition) is 4. The molecule has 0 aliphatic carbocycles. The van der Waals surface area contributed by atoms with Crippen LogP contribution in [-0.4, -0.2) is 27.3 Å². The molecule has 0 aromatic carbocycles. The summed E-state index contributed by atoms with van der Waals surface area (Å²) in [4.78, 5) is 10.6. The van der Waals surface area contributed by atoms with Crippen molar-refractivity contribution in [3.05, 3.63) is 43.0 Å². The molecular weight excluding hydrogens is 268 g/mol. The topological polar surface area (TPSA) is 34.0 Å². The molecule has 2 heterocycles. The highest BCUT2D eigenvalue weighted by molar-refractivity contribution is 7.99. The summed E-state index contributed by atoms with van der Waals surface area (Å²) < 4.78 is 2.09. The summed E-state index contributed by atoms with van der Waals surface area (Å²) >= 11 is 1.77. The van der Waals surface area contributed by atoms with E-state index in [0.717, 1.165) is 34.4 Å². The van der Waals surface area contributed by atoms with Crippen molar-refractivity contribution in [2.24, 2.45) is 7.05 Å². The Morgan fingerprint density at radius 3 is 2.90 bits per heavy atom. The first kappa shape index (κ1) is 14.7. The largest absolute Gasteiger partial charge is 0.342 e. The number of anilines is 1. The molecule has 2 aromatic heterocycles. The molecule has 0 aliphatic heterocycles. The van der Waals surface area contributed by atoms with Crippen molar-refractivity contribution in [3.8, 4) is 0 Å². The predicted molar refractivity (Wildman–Crippen MR) is 85.9 cm³/mol. The second-order valence-electron chi connectivity index (χ2n) is 4.55. The van der Waals surface area contributed by atoms with Crippen molar-refractivity contribution in [2.75, 3.05) is 17.7 Å². The first-order valence-corrected chi connectivity index (χ1v) is 7.61. The minimum atomic E-state index is 0.913. The third-order valence-corrected chi connectivity index (χ3v) is 4.36. The Morgan fingerprint density at radius 1 is 1.45 bits per heavy atom. The van der Waals surface area contributed by atoms with Gasteiger partial charge >= 0.3 is 0 Å². The third kappa shape index (κ3) is 3.04. The van der Waals surface area contributed by atoms with Crippen LogP contribution in [0, 0.1) is 0 Å². The monoisotopic (exact) mass is 288 g/mol. The lowest BCUT2D eigenvalue weighted by molar-refractivity contribution is 0.777. The standard InChI is InChI=1S/C15H20N4S/c1-5-9-20-15-17-11-14(19(15)4)12(2)18(3)13-7-6-8-16-10-13/h6-8,10-11H,2,5,9H2,1,3-4H3. The maximum atomic E-state index is 4.47. The Morgan fingerprint density at radius 2 is 2.25 bits per heavy atom. The summed E-state index contributed by atoms with van der Waals surface area (Å²) in [7, 11) is 4.02. The Labute approximate surface area is 124 Å². The molecule has 0 unspecified atom stereocenters. The molecule has 0 fully saturated rings. The highest BCUT2D eigenvalue weighted by Gasteiger charge is 2.13. The third-order valence-electron chi connectivity index (χ3n) is 3.11. The highest BCUT2D eigenvalue weighted by Crippen LogP contribution is 2.25. The second-order valence-corrected chi connectivity index (χ2v) is 5.61. The smallest absolute Gasteiger partial charge is 0.168 e. The van der Waals surface area contributed by atoms with E-state index in [0.29, 0.717) is 0 Å². The van der Waals surface area contributed by atoms with E-state index in [1.54, 1.807) is 18.0 Å². The minimum absolute atomic E-state index is 0.913. The maximum Gasteiger partial charge on any atom is 0.168 e. The zero-order valence-electron chi connectivity index (χ0n) is 12.2. The van der Waals surface area contributed by atoms with Crippen LogP contribution in [0.2, 0.25) is 0 Å². The zero-order chi connectivity index (χ0) is 14.5. The van der Waals surface area contributed by atoms with Crippen molar-refractivity contribution in [2.45, 2.75) is 18.5 Å². The van der Waals surface area contributed by atoms with E-state index in [2.05, 4.69) is 28.0 Å². The van der Waals surface area contributed by atoms with Gasteiger partial charge < -0.3 is 9.47 Å². The summed E-state index contributed by atoms with van der Waals surface area (Å²) in [6, 6.07) is 3.94. The van der Waals surface area contributed by atoms with Crippen LogP contribution < -0.4 is 4.90 Å². The molecule has 4 nitrogen and oxygen atoms in total. The summed E-state index contributed by atoms with van der Waals surface area (Å²) in [5.41, 5.74) is 2.95. The van der Waals surface area contributed by atoms with Crippen molar-refractivity contribution >= 4 is 23.1 Å². The number of pyridine rings is 1. The molecule has 0 radical (unpaired) electrons. The summed E-state index contributed by atoms with van der Waals surface area (Å²) in [6.07, 6.45) is 6.62. The number of imidazole rings is 1. The van der Waals surface area contributed by atoms with Crippen molar-refractivity contribution in [1.82, 2.24) is 14.5 Å². The van der Waals surface area contributed by atoms with Crippen LogP contribution in [0.3, 0.4) is 0 Å². The van der Waals surface area contributed by atoms with E-state index < -0.39 is 0 Å². The fraction of sp³-hybridized carbons (Fsp3) is 0.333. The van der Waals surface area contributed by atoms with Gasteiger partial charge in [-0.1, -0.05) is 25.3 Å². The van der Waals surface area contributed by atoms with Gasteiger partial charge in [-0.25, -0.2) is 4.98 Å². The molecule has 5 heteroatoms. The lowest BCUT2D eigenvalue weighted by atomic mass is 10.3. The van der Waals surface area contributed by atoms with Gasteiger partial charge in [-0.05, 0) is 18.6 Å². The van der Waals surface area contributed by atoms with Crippen LogP contribution in [0.1, 0.15) is 19.0 Å². The normalized spacial score (nSPS) is 10.6. The zero-order valence-corrected chi connectivity index (χ0v) is 13.0. The molecule has 0 aliphatic rings. The van der Waals surface area contributed by atoms with Gasteiger partial charge in [0, 0.05) is 26.0 Å². The molecule has 0 amide bonds. The van der Waals surface area contributed by atoms with Gasteiger partial charge in [0.1, 0.15) is 0 Å². The fourth-order valence-electron chi connectivity index (χ4n) is 1.87. The average molecular weight is 288 g/mol. The SMILES string of the molecule is C=C(c1cnc(SCCC)n1C)N(C)c1cccnc1. The molecule has 0 N–H and O–H groups in total. The number of aromatic nitrogens is 3. The molecule has 2 aromatic rings. The number of hydrogen-bond donors (Lipinski definition) is 0. The fourth-order valence-corrected chi connectivity index (χ4v) is 2.67. The van der Waals surface area contributed by atoms with Crippen LogP contribution in [0.4, 0.5) is 5.69 Å². The van der Waals surface area contributed by atoms with Gasteiger partial charge in [0.2, 0.25) is 0 Å². The lowest BCUT2D eigenvalue weighted by Gasteiger charge is -2.21. The molecule has 0 bridgehead atoms. The van der Waals surface area contributed by atoms with Gasteiger partial charge in [-0.2, -0.15) is 0 Å². The van der Waals surface area contributed by atoms with Crippen LogP contribution in [0.5, 0.6) is 0 Å². The second kappa shape index (κ2) is 6.61. The molecule has 106 valence electrons. The van der Waals surface area contributed by atoms with Gasteiger partial charge in [0.25, 0.3) is 0 Å². The molecule has 2 rings (SSSR count). The Balaban J connectivity index is 2.19.